The third-order valence-electron chi connectivity index (χ3n) is 2.58. The number of aryl methyl sites for hydroxylation is 2. The third-order valence-corrected chi connectivity index (χ3v) is 4.70. The van der Waals surface area contributed by atoms with E-state index >= 15 is 0 Å². The summed E-state index contributed by atoms with van der Waals surface area (Å²) in [5, 5.41) is 2.80. The van der Waals surface area contributed by atoms with Crippen molar-refractivity contribution >= 4 is 21.4 Å². The Bertz CT molecular complexity index is 663. The fourth-order valence-electron chi connectivity index (χ4n) is 1.75. The molecule has 102 valence electrons. The van der Waals surface area contributed by atoms with Crippen molar-refractivity contribution in [2.75, 3.05) is 0 Å². The summed E-state index contributed by atoms with van der Waals surface area (Å²) in [6.45, 7) is 4.09. The highest BCUT2D eigenvalue weighted by Crippen LogP contribution is 2.10. The van der Waals surface area contributed by atoms with Gasteiger partial charge < -0.3 is 0 Å². The van der Waals surface area contributed by atoms with Crippen LogP contribution < -0.4 is 4.72 Å². The highest BCUT2D eigenvalue weighted by atomic mass is 32.2. The Morgan fingerprint density at radius 2 is 2.11 bits per heavy atom. The Balaban J connectivity index is 1.99. The molecule has 4 nitrogen and oxygen atoms in total. The second-order valence-electron chi connectivity index (χ2n) is 4.43. The first-order valence-electron chi connectivity index (χ1n) is 5.88. The normalized spacial score (nSPS) is 11.7. The molecule has 0 unspecified atom stereocenters. The van der Waals surface area contributed by atoms with Gasteiger partial charge in [-0.3, -0.25) is 0 Å². The molecule has 0 saturated carbocycles. The molecule has 2 aromatic rings. The number of sulfonamides is 1. The second-order valence-corrected chi connectivity index (χ2v) is 7.30. The second kappa shape index (κ2) is 5.81. The number of aromatic nitrogens is 1. The van der Waals surface area contributed by atoms with Crippen LogP contribution in [0.15, 0.2) is 29.6 Å². The van der Waals surface area contributed by atoms with Crippen molar-refractivity contribution in [1.29, 1.82) is 0 Å². The van der Waals surface area contributed by atoms with Gasteiger partial charge in [0.25, 0.3) is 0 Å². The van der Waals surface area contributed by atoms with Crippen molar-refractivity contribution in [2.24, 2.45) is 0 Å². The molecule has 0 atom stereocenters. The van der Waals surface area contributed by atoms with E-state index in [2.05, 4.69) is 9.71 Å². The van der Waals surface area contributed by atoms with Crippen LogP contribution in [0, 0.1) is 13.8 Å². The number of nitrogens with zero attached hydrogens (tertiary/aromatic N) is 1. The molecule has 1 aromatic carbocycles. The van der Waals surface area contributed by atoms with Gasteiger partial charge >= 0.3 is 0 Å². The smallest absolute Gasteiger partial charge is 0.216 e. The fraction of sp³-hybridized carbons (Fsp3) is 0.308. The van der Waals surface area contributed by atoms with Crippen LogP contribution in [0.4, 0.5) is 0 Å². The van der Waals surface area contributed by atoms with E-state index in [1.165, 1.54) is 11.3 Å². The number of benzene rings is 1. The summed E-state index contributed by atoms with van der Waals surface area (Å²) >= 11 is 1.51. The lowest BCUT2D eigenvalue weighted by Gasteiger charge is -2.06. The Hall–Kier alpha value is -1.24. The van der Waals surface area contributed by atoms with E-state index in [9.17, 15) is 8.42 Å². The molecule has 2 rings (SSSR count). The first-order chi connectivity index (χ1) is 8.94. The SMILES string of the molecule is Cc1cccc(CS(=O)(=O)NCc2csc(C)n2)c1. The zero-order valence-electron chi connectivity index (χ0n) is 10.9. The molecule has 0 aliphatic rings. The molecule has 1 aromatic heterocycles. The number of thiazole rings is 1. The number of rotatable bonds is 5. The van der Waals surface area contributed by atoms with Crippen LogP contribution in [0.1, 0.15) is 21.8 Å². The molecule has 1 heterocycles. The Labute approximate surface area is 117 Å². The minimum Gasteiger partial charge on any atom is -0.245 e. The topological polar surface area (TPSA) is 59.1 Å². The van der Waals surface area contributed by atoms with Crippen molar-refractivity contribution < 1.29 is 8.42 Å². The van der Waals surface area contributed by atoms with Crippen LogP contribution in [-0.2, 0) is 22.3 Å². The molecule has 0 aliphatic heterocycles. The number of hydrogen-bond acceptors (Lipinski definition) is 4. The molecule has 1 N–H and O–H groups in total. The molecule has 0 aliphatic carbocycles. The Morgan fingerprint density at radius 1 is 1.32 bits per heavy atom. The molecule has 0 spiro atoms. The Morgan fingerprint density at radius 3 is 2.74 bits per heavy atom. The van der Waals surface area contributed by atoms with E-state index in [-0.39, 0.29) is 12.3 Å². The van der Waals surface area contributed by atoms with Gasteiger partial charge in [-0.05, 0) is 19.4 Å². The summed E-state index contributed by atoms with van der Waals surface area (Å²) in [6, 6.07) is 7.51. The standard InChI is InChI=1S/C13H16N2O2S2/c1-10-4-3-5-12(6-10)9-19(16,17)14-7-13-8-18-11(2)15-13/h3-6,8,14H,7,9H2,1-2H3. The molecule has 0 saturated heterocycles. The molecule has 0 radical (unpaired) electrons. The molecule has 0 amide bonds. The minimum absolute atomic E-state index is 0.00218. The predicted molar refractivity (Wildman–Crippen MR) is 77.5 cm³/mol. The lowest BCUT2D eigenvalue weighted by Crippen LogP contribution is -2.24. The largest absolute Gasteiger partial charge is 0.245 e. The highest BCUT2D eigenvalue weighted by molar-refractivity contribution is 7.88. The van der Waals surface area contributed by atoms with Crippen LogP contribution >= 0.6 is 11.3 Å². The minimum atomic E-state index is -3.33. The third kappa shape index (κ3) is 4.41. The van der Waals surface area contributed by atoms with Crippen LogP contribution in [0.5, 0.6) is 0 Å². The van der Waals surface area contributed by atoms with Crippen LogP contribution in [0.25, 0.3) is 0 Å². The zero-order valence-corrected chi connectivity index (χ0v) is 12.5. The van der Waals surface area contributed by atoms with Crippen molar-refractivity contribution in [1.82, 2.24) is 9.71 Å². The fourth-order valence-corrected chi connectivity index (χ4v) is 3.45. The van der Waals surface area contributed by atoms with Gasteiger partial charge in [-0.2, -0.15) is 0 Å². The van der Waals surface area contributed by atoms with E-state index in [0.29, 0.717) is 0 Å². The number of hydrogen-bond donors (Lipinski definition) is 1. The van der Waals surface area contributed by atoms with E-state index in [4.69, 9.17) is 0 Å². The predicted octanol–water partition coefficient (Wildman–Crippen LogP) is 2.38. The van der Waals surface area contributed by atoms with Gasteiger partial charge in [-0.1, -0.05) is 29.8 Å². The van der Waals surface area contributed by atoms with Gasteiger partial charge in [0.1, 0.15) is 0 Å². The quantitative estimate of drug-likeness (QED) is 0.921. The first-order valence-corrected chi connectivity index (χ1v) is 8.42. The average Bonchev–Trinajstić information content (AvgIpc) is 2.72. The summed E-state index contributed by atoms with van der Waals surface area (Å²) < 4.78 is 26.5. The summed E-state index contributed by atoms with van der Waals surface area (Å²) in [6.07, 6.45) is 0. The maximum Gasteiger partial charge on any atom is 0.216 e. The molecule has 6 heteroatoms. The van der Waals surface area contributed by atoms with Gasteiger partial charge in [0.15, 0.2) is 0 Å². The van der Waals surface area contributed by atoms with Crippen LogP contribution in [-0.4, -0.2) is 13.4 Å². The Kier molecular flexibility index (Phi) is 4.34. The molecular formula is C13H16N2O2S2. The monoisotopic (exact) mass is 296 g/mol. The van der Waals surface area contributed by atoms with Gasteiger partial charge in [0, 0.05) is 5.38 Å². The molecule has 19 heavy (non-hydrogen) atoms. The van der Waals surface area contributed by atoms with Gasteiger partial charge in [-0.15, -0.1) is 11.3 Å². The van der Waals surface area contributed by atoms with E-state index < -0.39 is 10.0 Å². The van der Waals surface area contributed by atoms with E-state index in [0.717, 1.165) is 21.8 Å². The van der Waals surface area contributed by atoms with Crippen molar-refractivity contribution in [2.45, 2.75) is 26.1 Å². The lowest BCUT2D eigenvalue weighted by atomic mass is 10.2. The summed E-state index contributed by atoms with van der Waals surface area (Å²) in [4.78, 5) is 4.23. The first kappa shape index (κ1) is 14.2. The van der Waals surface area contributed by atoms with Gasteiger partial charge in [-0.25, -0.2) is 18.1 Å². The van der Waals surface area contributed by atoms with Crippen molar-refractivity contribution in [3.63, 3.8) is 0 Å². The maximum absolute atomic E-state index is 12.0. The van der Waals surface area contributed by atoms with Crippen LogP contribution in [0.3, 0.4) is 0 Å². The average molecular weight is 296 g/mol. The van der Waals surface area contributed by atoms with Crippen molar-refractivity contribution in [3.8, 4) is 0 Å². The van der Waals surface area contributed by atoms with E-state index in [1.807, 2.05) is 43.5 Å². The summed E-state index contributed by atoms with van der Waals surface area (Å²) in [5.74, 6) is -0.00218. The highest BCUT2D eigenvalue weighted by Gasteiger charge is 2.12. The molecule has 0 bridgehead atoms. The molecular weight excluding hydrogens is 280 g/mol. The van der Waals surface area contributed by atoms with Gasteiger partial charge in [0.2, 0.25) is 10.0 Å². The summed E-state index contributed by atoms with van der Waals surface area (Å²) in [5.41, 5.74) is 2.61. The zero-order chi connectivity index (χ0) is 13.9. The summed E-state index contributed by atoms with van der Waals surface area (Å²) in [7, 11) is -3.33. The lowest BCUT2D eigenvalue weighted by molar-refractivity contribution is 0.579. The van der Waals surface area contributed by atoms with Gasteiger partial charge in [0.05, 0.1) is 23.0 Å². The maximum atomic E-state index is 12.0. The van der Waals surface area contributed by atoms with Crippen molar-refractivity contribution in [3.05, 3.63) is 51.5 Å². The van der Waals surface area contributed by atoms with Crippen LogP contribution in [0.2, 0.25) is 0 Å². The molecule has 0 fully saturated rings. The number of nitrogens with one attached hydrogen (secondary N) is 1. The van der Waals surface area contributed by atoms with E-state index in [1.54, 1.807) is 0 Å².